The Labute approximate surface area is 55.5 Å². The fraction of sp³-hybridized carbons (Fsp3) is 0.125. The zero-order valence-corrected chi connectivity index (χ0v) is 5.46. The third-order valence-electron chi connectivity index (χ3n) is 1.23. The summed E-state index contributed by atoms with van der Waals surface area (Å²) < 4.78 is 0. The summed E-state index contributed by atoms with van der Waals surface area (Å²) in [6.45, 7) is 1.90. The van der Waals surface area contributed by atoms with Crippen molar-refractivity contribution in [3.63, 3.8) is 0 Å². The summed E-state index contributed by atoms with van der Waals surface area (Å²) in [6, 6.07) is 10.8. The molecular weight excluding hydrogens is 110 g/mol. The molecule has 9 heavy (non-hydrogen) atoms. The van der Waals surface area contributed by atoms with Crippen LogP contribution in [0.4, 0.5) is 0 Å². The monoisotopic (exact) mass is 120 g/mol. The highest BCUT2D eigenvalue weighted by Crippen LogP contribution is 2.05. The van der Waals surface area contributed by atoms with Gasteiger partial charge in [0, 0.05) is 0 Å². The second-order valence-corrected chi connectivity index (χ2v) is 2.05. The van der Waals surface area contributed by atoms with Crippen molar-refractivity contribution in [2.75, 3.05) is 0 Å². The molecule has 0 saturated carbocycles. The molecule has 0 saturated heterocycles. The molecule has 0 aromatic heterocycles. The topological polar surface area (TPSA) is 26.0 Å². The molecule has 0 unspecified atom stereocenters. The summed E-state index contributed by atoms with van der Waals surface area (Å²) in [6.07, 6.45) is 0. The van der Waals surface area contributed by atoms with Crippen molar-refractivity contribution in [1.82, 2.24) is 0 Å². The first-order valence-electron chi connectivity index (χ1n) is 2.95. The second kappa shape index (κ2) is 2.65. The van der Waals surface area contributed by atoms with E-state index in [1.54, 1.807) is 0 Å². The molecule has 1 radical (unpaired) electrons. The van der Waals surface area contributed by atoms with E-state index in [0.717, 1.165) is 11.6 Å². The number of rotatable bonds is 1. The maximum atomic E-state index is 5.53. The van der Waals surface area contributed by atoms with Crippen molar-refractivity contribution < 1.29 is 0 Å². The number of benzene rings is 1. The van der Waals surface area contributed by atoms with Crippen LogP contribution in [0.25, 0.3) is 0 Å². The molecule has 1 aromatic rings. The van der Waals surface area contributed by atoms with Crippen molar-refractivity contribution in [2.24, 2.45) is 5.73 Å². The molecule has 0 heterocycles. The molecule has 0 fully saturated rings. The molecule has 0 atom stereocenters. The summed E-state index contributed by atoms with van der Waals surface area (Å²) in [4.78, 5) is 0. The largest absolute Gasteiger partial charge is 0.320 e. The molecule has 1 aromatic carbocycles. The van der Waals surface area contributed by atoms with Crippen LogP contribution in [0, 0.1) is 6.04 Å². The van der Waals surface area contributed by atoms with Gasteiger partial charge in [-0.1, -0.05) is 30.3 Å². The van der Waals surface area contributed by atoms with E-state index < -0.39 is 0 Å². The van der Waals surface area contributed by atoms with Gasteiger partial charge < -0.3 is 5.73 Å². The Balaban J connectivity index is 2.85. The molecule has 0 aliphatic carbocycles. The van der Waals surface area contributed by atoms with E-state index in [1.807, 2.05) is 37.3 Å². The molecule has 1 nitrogen and oxygen atoms in total. The van der Waals surface area contributed by atoms with Gasteiger partial charge in [-0.05, 0) is 12.5 Å². The minimum Gasteiger partial charge on any atom is -0.320 e. The van der Waals surface area contributed by atoms with E-state index >= 15 is 0 Å². The predicted octanol–water partition coefficient (Wildman–Crippen LogP) is 1.55. The van der Waals surface area contributed by atoms with Crippen molar-refractivity contribution >= 4 is 0 Å². The van der Waals surface area contributed by atoms with Gasteiger partial charge in [-0.15, -0.1) is 0 Å². The van der Waals surface area contributed by atoms with Crippen molar-refractivity contribution in [3.05, 3.63) is 41.9 Å². The second-order valence-electron chi connectivity index (χ2n) is 2.05. The van der Waals surface area contributed by atoms with E-state index in [9.17, 15) is 0 Å². The average Bonchev–Trinajstić information content (AvgIpc) is 1.90. The predicted molar refractivity (Wildman–Crippen MR) is 38.6 cm³/mol. The fourth-order valence-electron chi connectivity index (χ4n) is 0.701. The van der Waals surface area contributed by atoms with Gasteiger partial charge in [0.25, 0.3) is 0 Å². The summed E-state index contributed by atoms with van der Waals surface area (Å²) in [7, 11) is 0. The Morgan fingerprint density at radius 2 is 1.78 bits per heavy atom. The van der Waals surface area contributed by atoms with Crippen LogP contribution >= 0.6 is 0 Å². The van der Waals surface area contributed by atoms with E-state index in [2.05, 4.69) is 0 Å². The zero-order chi connectivity index (χ0) is 6.69. The Hall–Kier alpha value is -0.820. The van der Waals surface area contributed by atoms with Crippen molar-refractivity contribution in [2.45, 2.75) is 6.92 Å². The van der Waals surface area contributed by atoms with Crippen LogP contribution in [-0.4, -0.2) is 0 Å². The first-order valence-corrected chi connectivity index (χ1v) is 2.95. The molecule has 1 heteroatoms. The van der Waals surface area contributed by atoms with Crippen LogP contribution in [0.3, 0.4) is 0 Å². The Kier molecular flexibility index (Phi) is 1.85. The smallest absolute Gasteiger partial charge is 0.0603 e. The highest BCUT2D eigenvalue weighted by atomic mass is 14.6. The lowest BCUT2D eigenvalue weighted by Gasteiger charge is -2.00. The highest BCUT2D eigenvalue weighted by Gasteiger charge is 1.94. The lowest BCUT2D eigenvalue weighted by Crippen LogP contribution is -2.04. The fourth-order valence-corrected chi connectivity index (χ4v) is 0.701. The molecule has 0 aliphatic heterocycles. The summed E-state index contributed by atoms with van der Waals surface area (Å²) in [5.41, 5.74) is 6.64. The van der Waals surface area contributed by atoms with Crippen LogP contribution in [0.15, 0.2) is 30.3 Å². The normalized spacial score (nSPS) is 10.1. The molecule has 1 rings (SSSR count). The molecule has 47 valence electrons. The van der Waals surface area contributed by atoms with Crippen LogP contribution < -0.4 is 5.73 Å². The van der Waals surface area contributed by atoms with Crippen molar-refractivity contribution in [3.8, 4) is 0 Å². The Bertz CT molecular complexity index is 167. The van der Waals surface area contributed by atoms with E-state index in [0.29, 0.717) is 0 Å². The van der Waals surface area contributed by atoms with Gasteiger partial charge in [-0.3, -0.25) is 0 Å². The Morgan fingerprint density at radius 1 is 1.22 bits per heavy atom. The van der Waals surface area contributed by atoms with E-state index in [1.165, 1.54) is 0 Å². The lowest BCUT2D eigenvalue weighted by atomic mass is 10.1. The van der Waals surface area contributed by atoms with E-state index in [-0.39, 0.29) is 0 Å². The number of nitrogens with two attached hydrogens (primary N) is 1. The summed E-state index contributed by atoms with van der Waals surface area (Å²) in [5, 5.41) is 0. The maximum Gasteiger partial charge on any atom is 0.0603 e. The van der Waals surface area contributed by atoms with Crippen LogP contribution in [0.1, 0.15) is 12.5 Å². The lowest BCUT2D eigenvalue weighted by molar-refractivity contribution is 1.09. The first-order chi connectivity index (χ1) is 4.30. The summed E-state index contributed by atoms with van der Waals surface area (Å²) in [5.74, 6) is 0. The standard InChI is InChI=1S/C8H10N/c1-7(9)8-5-3-2-4-6-8/h2-6H,9H2,1H3. The van der Waals surface area contributed by atoms with Crippen LogP contribution in [0.2, 0.25) is 0 Å². The minimum atomic E-state index is 0.871. The van der Waals surface area contributed by atoms with Crippen molar-refractivity contribution in [1.29, 1.82) is 0 Å². The van der Waals surface area contributed by atoms with Crippen LogP contribution in [-0.2, 0) is 0 Å². The third-order valence-corrected chi connectivity index (χ3v) is 1.23. The molecule has 0 aliphatic rings. The zero-order valence-electron chi connectivity index (χ0n) is 5.46. The van der Waals surface area contributed by atoms with Gasteiger partial charge in [0.15, 0.2) is 0 Å². The quantitative estimate of drug-likeness (QED) is 0.597. The van der Waals surface area contributed by atoms with Gasteiger partial charge >= 0.3 is 0 Å². The van der Waals surface area contributed by atoms with Gasteiger partial charge in [0.1, 0.15) is 0 Å². The molecule has 0 amide bonds. The molecule has 0 bridgehead atoms. The van der Waals surface area contributed by atoms with E-state index in [4.69, 9.17) is 5.73 Å². The Morgan fingerprint density at radius 3 is 2.11 bits per heavy atom. The molecule has 2 N–H and O–H groups in total. The number of hydrogen-bond acceptors (Lipinski definition) is 1. The van der Waals surface area contributed by atoms with Gasteiger partial charge in [0.05, 0.1) is 6.04 Å². The summed E-state index contributed by atoms with van der Waals surface area (Å²) >= 11 is 0. The highest BCUT2D eigenvalue weighted by molar-refractivity contribution is 5.26. The third kappa shape index (κ3) is 1.54. The van der Waals surface area contributed by atoms with Gasteiger partial charge in [0.2, 0.25) is 0 Å². The molecule has 0 spiro atoms. The SMILES string of the molecule is C[C](N)c1ccccc1. The minimum absolute atomic E-state index is 0.871. The maximum absolute atomic E-state index is 5.53. The first kappa shape index (κ1) is 6.30. The number of hydrogen-bond donors (Lipinski definition) is 1. The average molecular weight is 120 g/mol. The van der Waals surface area contributed by atoms with Gasteiger partial charge in [-0.2, -0.15) is 0 Å². The van der Waals surface area contributed by atoms with Crippen LogP contribution in [0.5, 0.6) is 0 Å². The van der Waals surface area contributed by atoms with Gasteiger partial charge in [-0.25, -0.2) is 0 Å². The molecular formula is C8H10N.